The Bertz CT molecular complexity index is 802. The van der Waals surface area contributed by atoms with Crippen LogP contribution in [0.4, 0.5) is 0 Å². The number of carbonyl (C=O) groups excluding carboxylic acids is 2. The van der Waals surface area contributed by atoms with Crippen LogP contribution in [0.1, 0.15) is 44.6 Å². The summed E-state index contributed by atoms with van der Waals surface area (Å²) in [7, 11) is 2.11. The van der Waals surface area contributed by atoms with Gasteiger partial charge in [0.25, 0.3) is 5.91 Å². The van der Waals surface area contributed by atoms with Crippen molar-refractivity contribution < 1.29 is 14.3 Å². The first-order valence-corrected chi connectivity index (χ1v) is 9.99. The zero-order chi connectivity index (χ0) is 21.2. The van der Waals surface area contributed by atoms with Crippen LogP contribution in [0.15, 0.2) is 48.4 Å². The van der Waals surface area contributed by atoms with Gasteiger partial charge in [-0.2, -0.15) is 5.26 Å². The van der Waals surface area contributed by atoms with Crippen LogP contribution in [0.5, 0.6) is 5.75 Å². The molecular weight excluding hydrogens is 366 g/mol. The summed E-state index contributed by atoms with van der Waals surface area (Å²) < 4.78 is 5.71. The number of nitrogens with zero attached hydrogens (tertiary/aromatic N) is 3. The molecule has 1 fully saturated rings. The van der Waals surface area contributed by atoms with Crippen LogP contribution in [0.3, 0.4) is 0 Å². The average Bonchev–Trinajstić information content (AvgIpc) is 3.44. The van der Waals surface area contributed by atoms with E-state index in [0.717, 1.165) is 25.7 Å². The van der Waals surface area contributed by atoms with Crippen molar-refractivity contribution in [3.8, 4) is 11.8 Å². The molecular formula is C23H29N3O3. The van der Waals surface area contributed by atoms with Crippen molar-refractivity contribution in [3.05, 3.63) is 53.9 Å². The fourth-order valence-corrected chi connectivity index (χ4v) is 2.69. The van der Waals surface area contributed by atoms with Gasteiger partial charge < -0.3 is 19.3 Å². The lowest BCUT2D eigenvalue weighted by Gasteiger charge is -2.18. The van der Waals surface area contributed by atoms with Gasteiger partial charge in [0.1, 0.15) is 11.5 Å². The molecule has 154 valence electrons. The second-order valence-electron chi connectivity index (χ2n) is 7.35. The Kier molecular flexibility index (Phi) is 8.63. The molecule has 1 saturated heterocycles. The predicted molar refractivity (Wildman–Crippen MR) is 112 cm³/mol. The fourth-order valence-electron chi connectivity index (χ4n) is 2.69. The van der Waals surface area contributed by atoms with E-state index in [2.05, 4.69) is 18.5 Å². The SMILES string of the molecule is C=C1C(Oc2ccc(C#N)cc2)=CC(=O)N1CCCCCCC(C)=O.CN1CC1. The number of Topliss-reactive ketones (excluding diaryl/α,β-unsaturated/α-hetero) is 1. The van der Waals surface area contributed by atoms with Crippen molar-refractivity contribution >= 4 is 11.7 Å². The normalized spacial score (nSPS) is 15.3. The largest absolute Gasteiger partial charge is 0.455 e. The molecule has 2 aliphatic rings. The van der Waals surface area contributed by atoms with Gasteiger partial charge in [0.15, 0.2) is 5.76 Å². The van der Waals surface area contributed by atoms with Gasteiger partial charge in [-0.1, -0.05) is 19.4 Å². The van der Waals surface area contributed by atoms with E-state index in [1.807, 2.05) is 6.07 Å². The zero-order valence-electron chi connectivity index (χ0n) is 17.3. The van der Waals surface area contributed by atoms with E-state index < -0.39 is 0 Å². The van der Waals surface area contributed by atoms with Crippen LogP contribution >= 0.6 is 0 Å². The Morgan fingerprint density at radius 1 is 1.17 bits per heavy atom. The lowest BCUT2D eigenvalue weighted by Crippen LogP contribution is -2.25. The number of benzene rings is 1. The van der Waals surface area contributed by atoms with Crippen molar-refractivity contribution in [3.63, 3.8) is 0 Å². The summed E-state index contributed by atoms with van der Waals surface area (Å²) in [6.07, 6.45) is 5.78. The van der Waals surface area contributed by atoms with Gasteiger partial charge in [-0.3, -0.25) is 4.79 Å². The number of likely N-dealkylation sites (N-methyl/N-ethyl adjacent to an activating group) is 1. The lowest BCUT2D eigenvalue weighted by molar-refractivity contribution is -0.123. The monoisotopic (exact) mass is 395 g/mol. The number of carbonyl (C=O) groups is 2. The number of amides is 1. The predicted octanol–water partition coefficient (Wildman–Crippen LogP) is 3.65. The van der Waals surface area contributed by atoms with E-state index in [9.17, 15) is 9.59 Å². The minimum atomic E-state index is -0.127. The molecule has 2 heterocycles. The highest BCUT2D eigenvalue weighted by Crippen LogP contribution is 2.26. The lowest BCUT2D eigenvalue weighted by atomic mass is 10.1. The molecule has 0 aromatic heterocycles. The van der Waals surface area contributed by atoms with Crippen molar-refractivity contribution in [2.24, 2.45) is 0 Å². The van der Waals surface area contributed by atoms with E-state index in [1.165, 1.54) is 19.2 Å². The van der Waals surface area contributed by atoms with Gasteiger partial charge >= 0.3 is 0 Å². The minimum absolute atomic E-state index is 0.127. The van der Waals surface area contributed by atoms with E-state index in [1.54, 1.807) is 36.1 Å². The molecule has 1 aromatic carbocycles. The molecule has 0 bridgehead atoms. The summed E-state index contributed by atoms with van der Waals surface area (Å²) in [4.78, 5) is 26.9. The fraction of sp³-hybridized carbons (Fsp3) is 0.435. The quantitative estimate of drug-likeness (QED) is 0.471. The third kappa shape index (κ3) is 7.92. The summed E-state index contributed by atoms with van der Waals surface area (Å²) >= 11 is 0. The Labute approximate surface area is 173 Å². The number of ether oxygens (including phenoxy) is 1. The van der Waals surface area contributed by atoms with Gasteiger partial charge in [0.05, 0.1) is 17.3 Å². The first-order valence-electron chi connectivity index (χ1n) is 9.99. The Morgan fingerprint density at radius 2 is 1.79 bits per heavy atom. The molecule has 29 heavy (non-hydrogen) atoms. The van der Waals surface area contributed by atoms with Crippen molar-refractivity contribution in [1.82, 2.24) is 9.80 Å². The van der Waals surface area contributed by atoms with Crippen molar-refractivity contribution in [2.75, 3.05) is 26.7 Å². The maximum absolute atomic E-state index is 12.1. The number of hydrogen-bond donors (Lipinski definition) is 0. The Hall–Kier alpha value is -2.91. The number of nitriles is 1. The topological polar surface area (TPSA) is 73.4 Å². The summed E-state index contributed by atoms with van der Waals surface area (Å²) in [5, 5.41) is 8.80. The van der Waals surface area contributed by atoms with Gasteiger partial charge in [0.2, 0.25) is 0 Å². The van der Waals surface area contributed by atoms with Gasteiger partial charge in [-0.05, 0) is 51.1 Å². The number of ketones is 1. The molecule has 0 spiro atoms. The third-order valence-corrected chi connectivity index (χ3v) is 4.67. The molecule has 0 aliphatic carbocycles. The molecule has 2 aliphatic heterocycles. The van der Waals surface area contributed by atoms with Crippen molar-refractivity contribution in [1.29, 1.82) is 5.26 Å². The van der Waals surface area contributed by atoms with Gasteiger partial charge in [0, 0.05) is 32.1 Å². The van der Waals surface area contributed by atoms with Gasteiger partial charge in [-0.15, -0.1) is 0 Å². The summed E-state index contributed by atoms with van der Waals surface area (Å²) in [6.45, 7) is 8.79. The van der Waals surface area contributed by atoms with Crippen LogP contribution in [-0.4, -0.2) is 48.2 Å². The van der Waals surface area contributed by atoms with E-state index in [4.69, 9.17) is 10.00 Å². The number of hydrogen-bond acceptors (Lipinski definition) is 5. The van der Waals surface area contributed by atoms with Gasteiger partial charge in [-0.25, -0.2) is 0 Å². The third-order valence-electron chi connectivity index (χ3n) is 4.67. The van der Waals surface area contributed by atoms with Crippen LogP contribution < -0.4 is 4.74 Å². The number of unbranched alkanes of at least 4 members (excludes halogenated alkanes) is 3. The highest BCUT2D eigenvalue weighted by molar-refractivity contribution is 5.94. The molecule has 6 nitrogen and oxygen atoms in total. The average molecular weight is 396 g/mol. The maximum atomic E-state index is 12.1. The summed E-state index contributed by atoms with van der Waals surface area (Å²) in [5.41, 5.74) is 1.10. The maximum Gasteiger partial charge on any atom is 0.254 e. The van der Waals surface area contributed by atoms with Crippen LogP contribution in [-0.2, 0) is 9.59 Å². The van der Waals surface area contributed by atoms with Crippen LogP contribution in [0.25, 0.3) is 0 Å². The smallest absolute Gasteiger partial charge is 0.254 e. The van der Waals surface area contributed by atoms with E-state index >= 15 is 0 Å². The van der Waals surface area contributed by atoms with Crippen LogP contribution in [0, 0.1) is 11.3 Å². The van der Waals surface area contributed by atoms with Crippen molar-refractivity contribution in [2.45, 2.75) is 39.0 Å². The Morgan fingerprint density at radius 3 is 2.34 bits per heavy atom. The molecule has 0 unspecified atom stereocenters. The second kappa shape index (κ2) is 11.2. The molecule has 0 N–H and O–H groups in total. The first-order chi connectivity index (χ1) is 13.9. The summed E-state index contributed by atoms with van der Waals surface area (Å²) in [5.74, 6) is 1.09. The molecule has 0 saturated carbocycles. The summed E-state index contributed by atoms with van der Waals surface area (Å²) in [6, 6.07) is 8.75. The highest BCUT2D eigenvalue weighted by atomic mass is 16.5. The van der Waals surface area contributed by atoms with E-state index in [0.29, 0.717) is 35.7 Å². The highest BCUT2D eigenvalue weighted by Gasteiger charge is 2.27. The second-order valence-corrected chi connectivity index (χ2v) is 7.35. The molecule has 6 heteroatoms. The standard InChI is InChI=1S/C20H22N2O3.C3H7N/c1-15(23)7-5-3-4-6-12-22-16(2)19(13-20(22)24)25-18-10-8-17(14-21)9-11-18;1-4-2-3-4/h8-11,13H,2-7,12H2,1H3;2-3H2,1H3. The first kappa shape index (κ1) is 22.4. The molecule has 1 amide bonds. The van der Waals surface area contributed by atoms with Crippen LogP contribution in [0.2, 0.25) is 0 Å². The minimum Gasteiger partial charge on any atom is -0.455 e. The Balaban J connectivity index is 0.000000666. The molecule has 0 radical (unpaired) electrons. The molecule has 3 rings (SSSR count). The van der Waals surface area contributed by atoms with E-state index in [-0.39, 0.29) is 11.7 Å². The zero-order valence-corrected chi connectivity index (χ0v) is 17.3. The molecule has 1 aromatic rings. The molecule has 0 atom stereocenters. The number of rotatable bonds is 9.